The fraction of sp³-hybridized carbons (Fsp3) is 0.333. The third-order valence-corrected chi connectivity index (χ3v) is 4.68. The molecule has 0 aliphatic heterocycles. The van der Waals surface area contributed by atoms with Crippen LogP contribution in [0.25, 0.3) is 0 Å². The summed E-state index contributed by atoms with van der Waals surface area (Å²) in [5.41, 5.74) is 1.54. The van der Waals surface area contributed by atoms with Crippen molar-refractivity contribution < 1.29 is 24.2 Å². The first kappa shape index (κ1) is 21.6. The lowest BCUT2D eigenvalue weighted by molar-refractivity contribution is 0.0696. The van der Waals surface area contributed by atoms with E-state index in [1.165, 1.54) is 19.2 Å². The van der Waals surface area contributed by atoms with Crippen LogP contribution >= 0.6 is 11.6 Å². The van der Waals surface area contributed by atoms with Crippen LogP contribution in [0, 0.1) is 6.92 Å². The maximum Gasteiger partial charge on any atom is 0.335 e. The summed E-state index contributed by atoms with van der Waals surface area (Å²) in [6.45, 7) is 5.70. The zero-order valence-corrected chi connectivity index (χ0v) is 17.1. The van der Waals surface area contributed by atoms with E-state index in [-0.39, 0.29) is 22.6 Å². The van der Waals surface area contributed by atoms with Crippen LogP contribution in [0.15, 0.2) is 30.3 Å². The van der Waals surface area contributed by atoms with E-state index in [1.807, 2.05) is 13.8 Å². The Kier molecular flexibility index (Phi) is 7.29. The molecule has 0 aliphatic carbocycles. The molecule has 2 aromatic carbocycles. The van der Waals surface area contributed by atoms with Gasteiger partial charge in [-0.3, -0.25) is 4.79 Å². The number of rotatable bonds is 8. The molecule has 150 valence electrons. The van der Waals surface area contributed by atoms with Crippen LogP contribution in [0.2, 0.25) is 5.02 Å². The Balaban J connectivity index is 2.31. The Hall–Kier alpha value is -2.73. The quantitative estimate of drug-likeness (QED) is 0.632. The van der Waals surface area contributed by atoms with Crippen LogP contribution in [0.1, 0.15) is 53.0 Å². The number of carbonyl (C=O) groups excluding carboxylic acids is 1. The van der Waals surface area contributed by atoms with E-state index in [4.69, 9.17) is 26.2 Å². The molecule has 2 N–H and O–H groups in total. The van der Waals surface area contributed by atoms with E-state index in [9.17, 15) is 9.59 Å². The zero-order valence-electron chi connectivity index (χ0n) is 16.3. The first-order chi connectivity index (χ1) is 13.3. The minimum absolute atomic E-state index is 0.0190. The molecule has 0 heterocycles. The van der Waals surface area contributed by atoms with E-state index in [0.29, 0.717) is 28.3 Å². The monoisotopic (exact) mass is 405 g/mol. The summed E-state index contributed by atoms with van der Waals surface area (Å²) in [6, 6.07) is 7.70. The molecule has 2 rings (SSSR count). The molecular formula is C21H24ClNO5. The lowest BCUT2D eigenvalue weighted by atomic mass is 10.1. The van der Waals surface area contributed by atoms with Gasteiger partial charge in [-0.2, -0.15) is 0 Å². The summed E-state index contributed by atoms with van der Waals surface area (Å²) in [5, 5.41) is 12.1. The number of carboxylic acids is 1. The van der Waals surface area contributed by atoms with Crippen molar-refractivity contribution in [1.29, 1.82) is 0 Å². The van der Waals surface area contributed by atoms with Crippen molar-refractivity contribution in [3.05, 3.63) is 52.0 Å². The number of carboxylic acid groups (broad SMARTS) is 1. The van der Waals surface area contributed by atoms with Gasteiger partial charge in [0.2, 0.25) is 0 Å². The molecule has 0 spiro atoms. The average Bonchev–Trinajstić information content (AvgIpc) is 2.65. The summed E-state index contributed by atoms with van der Waals surface area (Å²) in [7, 11) is 1.49. The number of methoxy groups -OCH3 is 1. The van der Waals surface area contributed by atoms with E-state index >= 15 is 0 Å². The van der Waals surface area contributed by atoms with Gasteiger partial charge in [-0.1, -0.05) is 25.4 Å². The fourth-order valence-electron chi connectivity index (χ4n) is 2.80. The number of aryl methyl sites for hydroxylation is 1. The Morgan fingerprint density at radius 3 is 2.39 bits per heavy atom. The molecular weight excluding hydrogens is 382 g/mol. The van der Waals surface area contributed by atoms with Crippen LogP contribution in [0.4, 0.5) is 5.69 Å². The number of amides is 1. The molecule has 0 saturated heterocycles. The predicted octanol–water partition coefficient (Wildman–Crippen LogP) is 5.17. The van der Waals surface area contributed by atoms with Crippen LogP contribution in [-0.2, 0) is 0 Å². The van der Waals surface area contributed by atoms with Gasteiger partial charge < -0.3 is 19.9 Å². The van der Waals surface area contributed by atoms with Crippen molar-refractivity contribution in [2.75, 3.05) is 12.4 Å². The molecule has 1 amide bonds. The number of aromatic carboxylic acids is 1. The first-order valence-electron chi connectivity index (χ1n) is 9.00. The first-order valence-corrected chi connectivity index (χ1v) is 9.37. The minimum Gasteiger partial charge on any atom is -0.491 e. The van der Waals surface area contributed by atoms with Crippen molar-refractivity contribution in [3.8, 4) is 11.5 Å². The molecule has 0 radical (unpaired) electrons. The molecule has 28 heavy (non-hydrogen) atoms. The number of halogens is 1. The van der Waals surface area contributed by atoms with E-state index in [2.05, 4.69) is 5.32 Å². The van der Waals surface area contributed by atoms with Crippen LogP contribution in [0.5, 0.6) is 11.5 Å². The molecule has 0 atom stereocenters. The van der Waals surface area contributed by atoms with Crippen molar-refractivity contribution in [2.45, 2.75) is 39.7 Å². The van der Waals surface area contributed by atoms with Gasteiger partial charge in [0.1, 0.15) is 0 Å². The number of hydrogen-bond donors (Lipinski definition) is 2. The number of anilines is 1. The number of hydrogen-bond acceptors (Lipinski definition) is 4. The third-order valence-electron chi connectivity index (χ3n) is 4.39. The van der Waals surface area contributed by atoms with Crippen LogP contribution in [0.3, 0.4) is 0 Å². The van der Waals surface area contributed by atoms with E-state index in [0.717, 1.165) is 12.8 Å². The molecule has 0 aliphatic rings. The van der Waals surface area contributed by atoms with Crippen LogP contribution < -0.4 is 14.8 Å². The number of ether oxygens (including phenoxy) is 2. The summed E-state index contributed by atoms with van der Waals surface area (Å²) in [5.74, 6) is -0.611. The van der Waals surface area contributed by atoms with Crippen LogP contribution in [-0.4, -0.2) is 30.2 Å². The Labute approximate surface area is 169 Å². The van der Waals surface area contributed by atoms with Gasteiger partial charge >= 0.3 is 5.97 Å². The Morgan fingerprint density at radius 1 is 1.18 bits per heavy atom. The fourth-order valence-corrected chi connectivity index (χ4v) is 3.09. The second-order valence-corrected chi connectivity index (χ2v) is 6.74. The largest absolute Gasteiger partial charge is 0.491 e. The Morgan fingerprint density at radius 2 is 1.86 bits per heavy atom. The zero-order chi connectivity index (χ0) is 20.8. The van der Waals surface area contributed by atoms with Gasteiger partial charge in [-0.15, -0.1) is 0 Å². The topological polar surface area (TPSA) is 84.9 Å². The summed E-state index contributed by atoms with van der Waals surface area (Å²) in [6.07, 6.45) is 1.60. The number of benzene rings is 2. The van der Waals surface area contributed by atoms with Gasteiger partial charge in [-0.05, 0) is 55.7 Å². The smallest absolute Gasteiger partial charge is 0.335 e. The maximum absolute atomic E-state index is 12.7. The van der Waals surface area contributed by atoms with E-state index in [1.54, 1.807) is 25.1 Å². The van der Waals surface area contributed by atoms with Gasteiger partial charge in [-0.25, -0.2) is 4.79 Å². The summed E-state index contributed by atoms with van der Waals surface area (Å²) >= 11 is 6.28. The maximum atomic E-state index is 12.7. The minimum atomic E-state index is -1.01. The normalized spacial score (nSPS) is 10.6. The third kappa shape index (κ3) is 4.95. The molecule has 2 aromatic rings. The molecule has 0 saturated carbocycles. The molecule has 7 heteroatoms. The highest BCUT2D eigenvalue weighted by atomic mass is 35.5. The van der Waals surface area contributed by atoms with Crippen molar-refractivity contribution >= 4 is 29.2 Å². The standard InChI is InChI=1S/C21H24ClNO5/c1-5-15(6-2)28-18-11-13(10-17(22)19(18)27-4)20(24)23-14-7-8-16(21(25)26)12(3)9-14/h7-11,15H,5-6H2,1-4H3,(H,23,24)(H,25,26). The summed E-state index contributed by atoms with van der Waals surface area (Å²) < 4.78 is 11.3. The second-order valence-electron chi connectivity index (χ2n) is 6.33. The highest BCUT2D eigenvalue weighted by molar-refractivity contribution is 6.32. The highest BCUT2D eigenvalue weighted by Crippen LogP contribution is 2.37. The predicted molar refractivity (Wildman–Crippen MR) is 109 cm³/mol. The average molecular weight is 406 g/mol. The van der Waals surface area contributed by atoms with Gasteiger partial charge in [0.15, 0.2) is 11.5 Å². The van der Waals surface area contributed by atoms with E-state index < -0.39 is 5.97 Å². The highest BCUT2D eigenvalue weighted by Gasteiger charge is 2.18. The van der Waals surface area contributed by atoms with Gasteiger partial charge in [0.25, 0.3) is 5.91 Å². The number of carbonyl (C=O) groups is 2. The SMILES string of the molecule is CCC(CC)Oc1cc(C(=O)Nc2ccc(C(=O)O)c(C)c2)cc(Cl)c1OC. The molecule has 6 nitrogen and oxygen atoms in total. The Bertz CT molecular complexity index is 877. The summed E-state index contributed by atoms with van der Waals surface area (Å²) in [4.78, 5) is 23.8. The second kappa shape index (κ2) is 9.46. The molecule has 0 fully saturated rings. The number of nitrogens with one attached hydrogen (secondary N) is 1. The molecule has 0 unspecified atom stereocenters. The molecule has 0 bridgehead atoms. The lowest BCUT2D eigenvalue weighted by Gasteiger charge is -2.19. The lowest BCUT2D eigenvalue weighted by Crippen LogP contribution is -2.16. The molecule has 0 aromatic heterocycles. The van der Waals surface area contributed by atoms with Crippen molar-refractivity contribution in [3.63, 3.8) is 0 Å². The van der Waals surface area contributed by atoms with Crippen molar-refractivity contribution in [2.24, 2.45) is 0 Å². The van der Waals surface area contributed by atoms with Crippen molar-refractivity contribution in [1.82, 2.24) is 0 Å². The van der Waals surface area contributed by atoms with Gasteiger partial charge in [0.05, 0.1) is 23.8 Å². The van der Waals surface area contributed by atoms with Gasteiger partial charge in [0, 0.05) is 11.3 Å².